The Kier molecular flexibility index (Phi) is 4.43. The first-order chi connectivity index (χ1) is 12.0. The Hall–Kier alpha value is -3.28. The van der Waals surface area contributed by atoms with E-state index in [2.05, 4.69) is 4.98 Å². The number of fused-ring (bicyclic) bond motifs is 1. The second-order valence-corrected chi connectivity index (χ2v) is 5.46. The van der Waals surface area contributed by atoms with E-state index in [1.54, 1.807) is 30.3 Å². The van der Waals surface area contributed by atoms with Crippen LogP contribution < -0.4 is 15.1 Å². The van der Waals surface area contributed by atoms with Gasteiger partial charge in [0.05, 0.1) is 14.2 Å². The minimum atomic E-state index is -0.620. The second kappa shape index (κ2) is 6.68. The van der Waals surface area contributed by atoms with Crippen LogP contribution >= 0.6 is 0 Å². The summed E-state index contributed by atoms with van der Waals surface area (Å²) < 4.78 is 15.6. The molecule has 0 fully saturated rings. The molecule has 0 aliphatic heterocycles. The largest absolute Gasteiger partial charge is 0.507 e. The first-order valence-corrected chi connectivity index (χ1v) is 7.56. The third-order valence-electron chi connectivity index (χ3n) is 3.72. The summed E-state index contributed by atoms with van der Waals surface area (Å²) in [5.41, 5.74) is 1.77. The highest BCUT2D eigenvalue weighted by Gasteiger charge is 2.10. The van der Waals surface area contributed by atoms with Crippen molar-refractivity contribution < 1.29 is 19.0 Å². The highest BCUT2D eigenvalue weighted by atomic mass is 16.5. The average molecular weight is 339 g/mol. The standard InChI is InChI=1S/C19H17NO5/c1-11-4-6-13-17(8-11)25-19(22)14(20-13)10-15(21)12-5-7-16(23-2)18(9-12)24-3/h4-10,21H,1-3H3. The van der Waals surface area contributed by atoms with E-state index >= 15 is 0 Å². The van der Waals surface area contributed by atoms with Gasteiger partial charge in [0, 0.05) is 11.6 Å². The molecule has 2 aromatic carbocycles. The van der Waals surface area contributed by atoms with Crippen LogP contribution in [-0.2, 0) is 0 Å². The number of hydrogen-bond donors (Lipinski definition) is 1. The maximum absolute atomic E-state index is 12.1. The number of aliphatic hydroxyl groups excluding tert-OH is 1. The van der Waals surface area contributed by atoms with E-state index in [1.807, 2.05) is 13.0 Å². The van der Waals surface area contributed by atoms with Gasteiger partial charge < -0.3 is 19.0 Å². The molecule has 0 aliphatic carbocycles. The zero-order chi connectivity index (χ0) is 18.0. The van der Waals surface area contributed by atoms with Gasteiger partial charge in [0.15, 0.2) is 22.8 Å². The quantitative estimate of drug-likeness (QED) is 0.732. The molecule has 0 unspecified atom stereocenters. The van der Waals surface area contributed by atoms with E-state index < -0.39 is 5.63 Å². The maximum atomic E-state index is 12.1. The van der Waals surface area contributed by atoms with E-state index in [4.69, 9.17) is 13.9 Å². The number of hydrogen-bond acceptors (Lipinski definition) is 6. The van der Waals surface area contributed by atoms with Crippen LogP contribution in [0.2, 0.25) is 0 Å². The monoisotopic (exact) mass is 339 g/mol. The normalized spacial score (nSPS) is 11.6. The van der Waals surface area contributed by atoms with Gasteiger partial charge in [-0.3, -0.25) is 0 Å². The van der Waals surface area contributed by atoms with Gasteiger partial charge in [-0.15, -0.1) is 0 Å². The molecule has 1 heterocycles. The number of aryl methyl sites for hydroxylation is 1. The van der Waals surface area contributed by atoms with E-state index in [0.717, 1.165) is 5.56 Å². The summed E-state index contributed by atoms with van der Waals surface area (Å²) in [6.07, 6.45) is 1.27. The van der Waals surface area contributed by atoms with E-state index in [9.17, 15) is 9.90 Å². The highest BCUT2D eigenvalue weighted by molar-refractivity contribution is 5.79. The molecule has 0 aliphatic rings. The van der Waals surface area contributed by atoms with Crippen LogP contribution in [0.5, 0.6) is 11.5 Å². The zero-order valence-corrected chi connectivity index (χ0v) is 14.1. The third kappa shape index (κ3) is 3.33. The fraction of sp³-hybridized carbons (Fsp3) is 0.158. The third-order valence-corrected chi connectivity index (χ3v) is 3.72. The Morgan fingerprint density at radius 3 is 2.60 bits per heavy atom. The summed E-state index contributed by atoms with van der Waals surface area (Å²) in [4.78, 5) is 16.4. The molecule has 0 amide bonds. The highest BCUT2D eigenvalue weighted by Crippen LogP contribution is 2.30. The average Bonchev–Trinajstić information content (AvgIpc) is 2.61. The van der Waals surface area contributed by atoms with Gasteiger partial charge in [-0.2, -0.15) is 0 Å². The van der Waals surface area contributed by atoms with Crippen LogP contribution in [0.25, 0.3) is 22.9 Å². The molecule has 6 nitrogen and oxygen atoms in total. The molecule has 0 radical (unpaired) electrons. The topological polar surface area (TPSA) is 81.8 Å². The molecule has 1 aromatic heterocycles. The van der Waals surface area contributed by atoms with Crippen LogP contribution in [0.15, 0.2) is 45.6 Å². The number of rotatable bonds is 4. The Morgan fingerprint density at radius 2 is 1.88 bits per heavy atom. The van der Waals surface area contributed by atoms with Crippen molar-refractivity contribution in [1.82, 2.24) is 4.98 Å². The van der Waals surface area contributed by atoms with Crippen molar-refractivity contribution in [3.63, 3.8) is 0 Å². The fourth-order valence-corrected chi connectivity index (χ4v) is 2.42. The molecule has 0 spiro atoms. The van der Waals surface area contributed by atoms with Crippen molar-refractivity contribution in [2.45, 2.75) is 6.92 Å². The predicted octanol–water partition coefficient (Wildman–Crippen LogP) is 3.57. The lowest BCUT2D eigenvalue weighted by molar-refractivity contribution is 0.354. The second-order valence-electron chi connectivity index (χ2n) is 5.46. The number of aliphatic hydroxyl groups is 1. The van der Waals surface area contributed by atoms with Gasteiger partial charge in [-0.1, -0.05) is 6.07 Å². The Labute approximate surface area is 144 Å². The van der Waals surface area contributed by atoms with Gasteiger partial charge >= 0.3 is 5.63 Å². The summed E-state index contributed by atoms with van der Waals surface area (Å²) >= 11 is 0. The zero-order valence-electron chi connectivity index (χ0n) is 14.1. The number of ether oxygens (including phenoxy) is 2. The van der Waals surface area contributed by atoms with Crippen molar-refractivity contribution in [3.05, 3.63) is 63.6 Å². The molecule has 0 saturated heterocycles. The first-order valence-electron chi connectivity index (χ1n) is 7.56. The first kappa shape index (κ1) is 16.6. The molecule has 1 N–H and O–H groups in total. The molecule has 128 valence electrons. The van der Waals surface area contributed by atoms with Gasteiger partial charge in [-0.25, -0.2) is 9.78 Å². The van der Waals surface area contributed by atoms with E-state index in [0.29, 0.717) is 28.2 Å². The van der Waals surface area contributed by atoms with Crippen LogP contribution in [0, 0.1) is 6.92 Å². The Morgan fingerprint density at radius 1 is 1.12 bits per heavy atom. The van der Waals surface area contributed by atoms with Crippen molar-refractivity contribution >= 4 is 22.9 Å². The van der Waals surface area contributed by atoms with Gasteiger partial charge in [-0.05, 0) is 42.8 Å². The lowest BCUT2D eigenvalue weighted by atomic mass is 10.1. The molecular weight excluding hydrogens is 322 g/mol. The number of methoxy groups -OCH3 is 2. The molecule has 3 aromatic rings. The van der Waals surface area contributed by atoms with E-state index in [1.165, 1.54) is 20.3 Å². The number of benzene rings is 2. The summed E-state index contributed by atoms with van der Waals surface area (Å²) in [5.74, 6) is 0.874. The summed E-state index contributed by atoms with van der Waals surface area (Å²) in [7, 11) is 3.03. The van der Waals surface area contributed by atoms with Crippen LogP contribution in [0.4, 0.5) is 0 Å². The van der Waals surface area contributed by atoms with E-state index in [-0.39, 0.29) is 11.5 Å². The lowest BCUT2D eigenvalue weighted by Crippen LogP contribution is -2.06. The number of aromatic nitrogens is 1. The molecule has 0 bridgehead atoms. The maximum Gasteiger partial charge on any atom is 0.362 e. The summed E-state index contributed by atoms with van der Waals surface area (Å²) in [5, 5.41) is 10.3. The smallest absolute Gasteiger partial charge is 0.362 e. The van der Waals surface area contributed by atoms with Crippen LogP contribution in [0.3, 0.4) is 0 Å². The van der Waals surface area contributed by atoms with Gasteiger partial charge in [0.1, 0.15) is 11.3 Å². The minimum absolute atomic E-state index is 0.0173. The SMILES string of the molecule is COc1ccc(C(O)=Cc2nc3ccc(C)cc3oc2=O)cc1OC. The van der Waals surface area contributed by atoms with Crippen LogP contribution in [-0.4, -0.2) is 24.3 Å². The lowest BCUT2D eigenvalue weighted by Gasteiger charge is -2.09. The van der Waals surface area contributed by atoms with Crippen molar-refractivity contribution in [3.8, 4) is 11.5 Å². The Balaban J connectivity index is 2.05. The van der Waals surface area contributed by atoms with Crippen molar-refractivity contribution in [2.24, 2.45) is 0 Å². The number of nitrogens with zero attached hydrogens (tertiary/aromatic N) is 1. The van der Waals surface area contributed by atoms with Crippen molar-refractivity contribution in [1.29, 1.82) is 0 Å². The molecule has 25 heavy (non-hydrogen) atoms. The summed E-state index contributed by atoms with van der Waals surface area (Å²) in [6.45, 7) is 1.90. The molecule has 6 heteroatoms. The minimum Gasteiger partial charge on any atom is -0.507 e. The van der Waals surface area contributed by atoms with Crippen molar-refractivity contribution in [2.75, 3.05) is 14.2 Å². The molecule has 0 atom stereocenters. The van der Waals surface area contributed by atoms with Crippen LogP contribution in [0.1, 0.15) is 16.8 Å². The molecule has 3 rings (SSSR count). The van der Waals surface area contributed by atoms with Gasteiger partial charge in [0.25, 0.3) is 0 Å². The summed E-state index contributed by atoms with van der Waals surface area (Å²) in [6, 6.07) is 10.3. The fourth-order valence-electron chi connectivity index (χ4n) is 2.42. The molecular formula is C19H17NO5. The van der Waals surface area contributed by atoms with Gasteiger partial charge in [0.2, 0.25) is 0 Å². The predicted molar refractivity (Wildman–Crippen MR) is 95.1 cm³/mol. The Bertz CT molecular complexity index is 1020. The molecule has 0 saturated carbocycles.